The fourth-order valence-corrected chi connectivity index (χ4v) is 5.21. The minimum absolute atomic E-state index is 0.0255. The van der Waals surface area contributed by atoms with Crippen molar-refractivity contribution in [2.24, 2.45) is 4.99 Å². The second kappa shape index (κ2) is 9.37. The molecule has 0 radical (unpaired) electrons. The van der Waals surface area contributed by atoms with Crippen molar-refractivity contribution >= 4 is 67.8 Å². The summed E-state index contributed by atoms with van der Waals surface area (Å²) >= 11 is 10.7. The van der Waals surface area contributed by atoms with E-state index in [1.807, 2.05) is 57.2 Å². The zero-order valence-corrected chi connectivity index (χ0v) is 21.8. The van der Waals surface area contributed by atoms with E-state index < -0.39 is 0 Å². The van der Waals surface area contributed by atoms with Crippen LogP contribution in [0, 0.1) is 27.7 Å². The fraction of sp³-hybridized carbons (Fsp3) is 0.154. The molecule has 0 aromatic heterocycles. The van der Waals surface area contributed by atoms with E-state index in [-0.39, 0.29) is 11.7 Å². The third-order valence-corrected chi connectivity index (χ3v) is 7.41. The number of aryl methyl sites for hydroxylation is 4. The molecule has 1 saturated heterocycles. The lowest BCUT2D eigenvalue weighted by Gasteiger charge is -2.17. The van der Waals surface area contributed by atoms with Crippen LogP contribution < -0.4 is 4.90 Å². The van der Waals surface area contributed by atoms with Gasteiger partial charge in [0.25, 0.3) is 5.91 Å². The summed E-state index contributed by atoms with van der Waals surface area (Å²) in [7, 11) is 0. The van der Waals surface area contributed by atoms with Crippen LogP contribution in [0.25, 0.3) is 6.08 Å². The van der Waals surface area contributed by atoms with Crippen molar-refractivity contribution in [1.82, 2.24) is 0 Å². The number of amidine groups is 1. The zero-order chi connectivity index (χ0) is 23.9. The number of carbonyl (C=O) groups is 1. The summed E-state index contributed by atoms with van der Waals surface area (Å²) in [4.78, 5) is 20.4. The van der Waals surface area contributed by atoms with E-state index in [9.17, 15) is 9.90 Å². The number of rotatable bonds is 3. The molecule has 0 spiro atoms. The number of nitrogens with zero attached hydrogens (tertiary/aromatic N) is 2. The molecule has 1 heterocycles. The summed E-state index contributed by atoms with van der Waals surface area (Å²) in [6.07, 6.45) is 1.65. The average Bonchev–Trinajstić information content (AvgIpc) is 3.05. The van der Waals surface area contributed by atoms with E-state index in [0.29, 0.717) is 25.1 Å². The van der Waals surface area contributed by atoms with Crippen molar-refractivity contribution in [3.05, 3.63) is 90.7 Å². The van der Waals surface area contributed by atoms with Crippen LogP contribution in [0.2, 0.25) is 5.02 Å². The topological polar surface area (TPSA) is 52.9 Å². The van der Waals surface area contributed by atoms with Crippen LogP contribution in [0.3, 0.4) is 0 Å². The Labute approximate surface area is 211 Å². The normalized spacial score (nSPS) is 16.3. The van der Waals surface area contributed by atoms with E-state index in [2.05, 4.69) is 22.9 Å². The van der Waals surface area contributed by atoms with Crippen LogP contribution >= 0.6 is 39.3 Å². The molecule has 33 heavy (non-hydrogen) atoms. The summed E-state index contributed by atoms with van der Waals surface area (Å²) in [6.45, 7) is 8.15. The average molecular weight is 542 g/mol. The molecule has 3 aromatic rings. The Morgan fingerprint density at radius 3 is 2.30 bits per heavy atom. The molecule has 168 valence electrons. The minimum atomic E-state index is -0.207. The van der Waals surface area contributed by atoms with E-state index in [4.69, 9.17) is 16.6 Å². The zero-order valence-electron chi connectivity index (χ0n) is 18.6. The quantitative estimate of drug-likeness (QED) is 0.344. The molecule has 0 bridgehead atoms. The molecular weight excluding hydrogens is 520 g/mol. The van der Waals surface area contributed by atoms with E-state index >= 15 is 0 Å². The van der Waals surface area contributed by atoms with Crippen LogP contribution in [0.5, 0.6) is 5.75 Å². The van der Waals surface area contributed by atoms with Crippen molar-refractivity contribution in [2.75, 3.05) is 4.90 Å². The Hall–Kier alpha value is -2.54. The number of hydrogen-bond donors (Lipinski definition) is 1. The first-order chi connectivity index (χ1) is 15.6. The van der Waals surface area contributed by atoms with Gasteiger partial charge in [0.05, 0.1) is 20.8 Å². The van der Waals surface area contributed by atoms with Crippen LogP contribution in [0.4, 0.5) is 11.4 Å². The predicted molar refractivity (Wildman–Crippen MR) is 143 cm³/mol. The predicted octanol–water partition coefficient (Wildman–Crippen LogP) is 7.85. The summed E-state index contributed by atoms with van der Waals surface area (Å²) in [5.74, 6) is -0.182. The number of phenols is 1. The molecule has 1 fully saturated rings. The van der Waals surface area contributed by atoms with Gasteiger partial charge in [0.2, 0.25) is 0 Å². The van der Waals surface area contributed by atoms with Crippen LogP contribution in [0.1, 0.15) is 27.8 Å². The van der Waals surface area contributed by atoms with Crippen molar-refractivity contribution < 1.29 is 9.90 Å². The first-order valence-corrected chi connectivity index (χ1v) is 12.3. The van der Waals surface area contributed by atoms with Gasteiger partial charge in [-0.15, -0.1) is 0 Å². The molecule has 7 heteroatoms. The van der Waals surface area contributed by atoms with Gasteiger partial charge in [-0.2, -0.15) is 0 Å². The lowest BCUT2D eigenvalue weighted by Crippen LogP contribution is -2.28. The molecule has 4 nitrogen and oxygen atoms in total. The number of anilines is 1. The highest BCUT2D eigenvalue weighted by molar-refractivity contribution is 9.10. The van der Waals surface area contributed by atoms with Crippen LogP contribution in [-0.2, 0) is 4.79 Å². The second-order valence-electron chi connectivity index (χ2n) is 8.01. The van der Waals surface area contributed by atoms with E-state index in [1.54, 1.807) is 23.1 Å². The molecular formula is C26H22BrClN2O2S. The van der Waals surface area contributed by atoms with Gasteiger partial charge in [-0.3, -0.25) is 9.69 Å². The van der Waals surface area contributed by atoms with Crippen molar-refractivity contribution in [1.29, 1.82) is 0 Å². The summed E-state index contributed by atoms with van der Waals surface area (Å²) in [6, 6.07) is 15.1. The smallest absolute Gasteiger partial charge is 0.271 e. The van der Waals surface area contributed by atoms with Gasteiger partial charge in [0, 0.05) is 10.6 Å². The maximum atomic E-state index is 13.5. The number of hydrogen-bond acceptors (Lipinski definition) is 4. The first kappa shape index (κ1) is 23.6. The molecule has 3 aromatic carbocycles. The van der Waals surface area contributed by atoms with E-state index in [0.717, 1.165) is 28.1 Å². The van der Waals surface area contributed by atoms with Crippen LogP contribution in [-0.4, -0.2) is 16.2 Å². The largest absolute Gasteiger partial charge is 0.506 e. The Morgan fingerprint density at radius 1 is 0.970 bits per heavy atom. The first-order valence-electron chi connectivity index (χ1n) is 10.3. The molecule has 0 unspecified atom stereocenters. The lowest BCUT2D eigenvalue weighted by atomic mass is 10.1. The minimum Gasteiger partial charge on any atom is -0.506 e. The number of aromatic hydroxyl groups is 1. The van der Waals surface area contributed by atoms with Crippen molar-refractivity contribution in [3.63, 3.8) is 0 Å². The fourth-order valence-electron chi connectivity index (χ4n) is 3.38. The number of thioether (sulfide) groups is 1. The summed E-state index contributed by atoms with van der Waals surface area (Å²) < 4.78 is 0.465. The highest BCUT2D eigenvalue weighted by Gasteiger charge is 2.35. The molecule has 1 amide bonds. The van der Waals surface area contributed by atoms with Crippen molar-refractivity contribution in [3.8, 4) is 5.75 Å². The Morgan fingerprint density at radius 2 is 1.64 bits per heavy atom. The second-order valence-corrected chi connectivity index (χ2v) is 10.3. The highest BCUT2D eigenvalue weighted by Crippen LogP contribution is 2.40. The Bertz CT molecular complexity index is 1350. The third-order valence-electron chi connectivity index (χ3n) is 5.61. The number of carbonyl (C=O) groups excluding carboxylic acids is 1. The standard InChI is InChI=1S/C26H22BrClN2O2S/c1-14-5-7-20(9-16(14)3)29-26-30(21-8-6-15(2)17(4)10-21)25(32)23(33-26)12-18-11-19(28)13-22(27)24(18)31/h5-13,31H,1-4H3. The maximum Gasteiger partial charge on any atom is 0.271 e. The molecule has 1 aliphatic rings. The van der Waals surface area contributed by atoms with Crippen LogP contribution in [0.15, 0.2) is 62.9 Å². The molecule has 0 atom stereocenters. The van der Waals surface area contributed by atoms with Gasteiger partial charge in [0.15, 0.2) is 5.17 Å². The number of aliphatic imine (C=N–C) groups is 1. The highest BCUT2D eigenvalue weighted by atomic mass is 79.9. The molecule has 0 aliphatic carbocycles. The lowest BCUT2D eigenvalue weighted by molar-refractivity contribution is -0.113. The van der Waals surface area contributed by atoms with Gasteiger partial charge in [-0.25, -0.2) is 4.99 Å². The number of phenolic OH excluding ortho intramolecular Hbond substituents is 1. The third kappa shape index (κ3) is 4.88. The van der Waals surface area contributed by atoms with Gasteiger partial charge in [0.1, 0.15) is 5.75 Å². The van der Waals surface area contributed by atoms with Crippen molar-refractivity contribution in [2.45, 2.75) is 27.7 Å². The maximum absolute atomic E-state index is 13.5. The van der Waals surface area contributed by atoms with Gasteiger partial charge >= 0.3 is 0 Å². The van der Waals surface area contributed by atoms with Gasteiger partial charge < -0.3 is 5.11 Å². The molecule has 1 aliphatic heterocycles. The van der Waals surface area contributed by atoms with Gasteiger partial charge in [-0.1, -0.05) is 23.7 Å². The number of benzene rings is 3. The number of amides is 1. The van der Waals surface area contributed by atoms with Gasteiger partial charge in [-0.05, 0) is 120 Å². The summed E-state index contributed by atoms with van der Waals surface area (Å²) in [5.41, 5.74) is 6.53. The summed E-state index contributed by atoms with van der Waals surface area (Å²) in [5, 5.41) is 11.5. The monoisotopic (exact) mass is 540 g/mol. The SMILES string of the molecule is Cc1ccc(N=C2SC(=Cc3cc(Cl)cc(Br)c3O)C(=O)N2c2ccc(C)c(C)c2)cc1C. The Kier molecular flexibility index (Phi) is 6.71. The molecule has 0 saturated carbocycles. The molecule has 1 N–H and O–H groups in total. The molecule has 4 rings (SSSR count). The van der Waals surface area contributed by atoms with E-state index in [1.165, 1.54) is 17.3 Å². The Balaban J connectivity index is 1.84. The number of halogens is 2.